The first kappa shape index (κ1) is 15.3. The number of hydrogen-bond donors (Lipinski definition) is 1. The molecule has 0 amide bonds. The number of aryl methyl sites for hydroxylation is 1. The first-order valence-corrected chi connectivity index (χ1v) is 7.80. The highest BCUT2D eigenvalue weighted by atomic mass is 15.2. The largest absolute Gasteiger partial charge is 0.357 e. The van der Waals surface area contributed by atoms with Gasteiger partial charge in [0.25, 0.3) is 0 Å². The molecule has 1 aromatic heterocycles. The Morgan fingerprint density at radius 3 is 2.50 bits per heavy atom. The third-order valence-electron chi connectivity index (χ3n) is 4.06. The lowest BCUT2D eigenvalue weighted by Gasteiger charge is -2.27. The molecule has 1 fully saturated rings. The molecule has 0 saturated heterocycles. The third-order valence-corrected chi connectivity index (χ3v) is 4.06. The van der Waals surface area contributed by atoms with Gasteiger partial charge in [-0.2, -0.15) is 0 Å². The fraction of sp³-hybridized carbons (Fsp3) is 0.706. The lowest BCUT2D eigenvalue weighted by Crippen LogP contribution is -2.35. The van der Waals surface area contributed by atoms with Gasteiger partial charge >= 0.3 is 0 Å². The highest BCUT2D eigenvalue weighted by Crippen LogP contribution is 2.26. The van der Waals surface area contributed by atoms with Gasteiger partial charge in [-0.25, -0.2) is 4.98 Å². The SMILES string of the molecule is Cc1cc(CNC(C)(C)C)cc(N(C)C2CCCC2)n1. The Bertz CT molecular complexity index is 442. The van der Waals surface area contributed by atoms with Crippen molar-refractivity contribution in [2.75, 3.05) is 11.9 Å². The van der Waals surface area contributed by atoms with Crippen LogP contribution in [-0.4, -0.2) is 23.6 Å². The van der Waals surface area contributed by atoms with Crippen LogP contribution in [0.4, 0.5) is 5.82 Å². The molecule has 1 saturated carbocycles. The molecule has 1 heterocycles. The predicted octanol–water partition coefficient (Wildman–Crippen LogP) is 3.66. The van der Waals surface area contributed by atoms with E-state index in [1.165, 1.54) is 31.2 Å². The summed E-state index contributed by atoms with van der Waals surface area (Å²) in [4.78, 5) is 7.10. The van der Waals surface area contributed by atoms with Crippen LogP contribution >= 0.6 is 0 Å². The fourth-order valence-corrected chi connectivity index (χ4v) is 2.85. The Labute approximate surface area is 123 Å². The van der Waals surface area contributed by atoms with E-state index in [0.717, 1.165) is 18.1 Å². The minimum absolute atomic E-state index is 0.148. The molecule has 3 nitrogen and oxygen atoms in total. The van der Waals surface area contributed by atoms with Crippen molar-refractivity contribution in [3.05, 3.63) is 23.4 Å². The molecule has 0 bridgehead atoms. The molecule has 2 rings (SSSR count). The molecule has 1 aliphatic carbocycles. The van der Waals surface area contributed by atoms with E-state index in [9.17, 15) is 0 Å². The van der Waals surface area contributed by atoms with E-state index in [1.54, 1.807) is 0 Å². The Morgan fingerprint density at radius 1 is 1.25 bits per heavy atom. The van der Waals surface area contributed by atoms with E-state index in [2.05, 4.69) is 57.1 Å². The molecule has 0 radical (unpaired) electrons. The molecule has 1 aromatic rings. The maximum atomic E-state index is 4.72. The average molecular weight is 275 g/mol. The van der Waals surface area contributed by atoms with E-state index in [1.807, 2.05) is 0 Å². The number of nitrogens with one attached hydrogen (secondary N) is 1. The number of rotatable bonds is 4. The van der Waals surface area contributed by atoms with Crippen LogP contribution in [0.1, 0.15) is 57.7 Å². The van der Waals surface area contributed by atoms with Gasteiger partial charge in [-0.15, -0.1) is 0 Å². The quantitative estimate of drug-likeness (QED) is 0.909. The summed E-state index contributed by atoms with van der Waals surface area (Å²) >= 11 is 0. The lowest BCUT2D eigenvalue weighted by molar-refractivity contribution is 0.424. The molecular formula is C17H29N3. The molecule has 0 unspecified atom stereocenters. The first-order chi connectivity index (χ1) is 9.35. The maximum absolute atomic E-state index is 4.72. The Balaban J connectivity index is 2.11. The van der Waals surface area contributed by atoms with Crippen molar-refractivity contribution in [1.82, 2.24) is 10.3 Å². The minimum Gasteiger partial charge on any atom is -0.357 e. The van der Waals surface area contributed by atoms with Crippen molar-refractivity contribution in [2.24, 2.45) is 0 Å². The van der Waals surface area contributed by atoms with Crippen LogP contribution in [0.15, 0.2) is 12.1 Å². The highest BCUT2D eigenvalue weighted by Gasteiger charge is 2.21. The van der Waals surface area contributed by atoms with Gasteiger partial charge in [0.2, 0.25) is 0 Å². The van der Waals surface area contributed by atoms with Crippen molar-refractivity contribution >= 4 is 5.82 Å². The van der Waals surface area contributed by atoms with Gasteiger partial charge in [0.1, 0.15) is 5.82 Å². The van der Waals surface area contributed by atoms with Crippen LogP contribution in [-0.2, 0) is 6.54 Å². The zero-order chi connectivity index (χ0) is 14.8. The maximum Gasteiger partial charge on any atom is 0.129 e. The Morgan fingerprint density at radius 2 is 1.90 bits per heavy atom. The van der Waals surface area contributed by atoms with Crippen LogP contribution in [0.3, 0.4) is 0 Å². The van der Waals surface area contributed by atoms with Crippen LogP contribution in [0.2, 0.25) is 0 Å². The van der Waals surface area contributed by atoms with E-state index in [4.69, 9.17) is 4.98 Å². The number of nitrogens with zero attached hydrogens (tertiary/aromatic N) is 2. The van der Waals surface area contributed by atoms with Crippen molar-refractivity contribution in [3.8, 4) is 0 Å². The normalized spacial score (nSPS) is 16.6. The number of hydrogen-bond acceptors (Lipinski definition) is 3. The van der Waals surface area contributed by atoms with Gasteiger partial charge in [-0.05, 0) is 58.2 Å². The van der Waals surface area contributed by atoms with Crippen molar-refractivity contribution in [1.29, 1.82) is 0 Å². The fourth-order valence-electron chi connectivity index (χ4n) is 2.85. The van der Waals surface area contributed by atoms with Crippen molar-refractivity contribution in [2.45, 2.75) is 71.5 Å². The van der Waals surface area contributed by atoms with E-state index in [-0.39, 0.29) is 5.54 Å². The summed E-state index contributed by atoms with van der Waals surface area (Å²) in [7, 11) is 2.19. The van der Waals surface area contributed by atoms with Gasteiger partial charge < -0.3 is 10.2 Å². The minimum atomic E-state index is 0.148. The molecule has 0 atom stereocenters. The van der Waals surface area contributed by atoms with E-state index >= 15 is 0 Å². The summed E-state index contributed by atoms with van der Waals surface area (Å²) in [5, 5.41) is 3.55. The Hall–Kier alpha value is -1.09. The summed E-state index contributed by atoms with van der Waals surface area (Å²) in [5.41, 5.74) is 2.58. The van der Waals surface area contributed by atoms with Gasteiger partial charge in [0.05, 0.1) is 0 Å². The number of anilines is 1. The van der Waals surface area contributed by atoms with Crippen LogP contribution in [0, 0.1) is 6.92 Å². The summed E-state index contributed by atoms with van der Waals surface area (Å²) in [6, 6.07) is 5.10. The number of pyridine rings is 1. The van der Waals surface area contributed by atoms with Crippen LogP contribution < -0.4 is 10.2 Å². The highest BCUT2D eigenvalue weighted by molar-refractivity contribution is 5.43. The van der Waals surface area contributed by atoms with Crippen LogP contribution in [0.25, 0.3) is 0 Å². The molecule has 0 spiro atoms. The van der Waals surface area contributed by atoms with E-state index in [0.29, 0.717) is 6.04 Å². The average Bonchev–Trinajstić information content (AvgIpc) is 2.88. The molecule has 20 heavy (non-hydrogen) atoms. The zero-order valence-corrected chi connectivity index (χ0v) is 13.7. The van der Waals surface area contributed by atoms with Crippen molar-refractivity contribution in [3.63, 3.8) is 0 Å². The van der Waals surface area contributed by atoms with Crippen LogP contribution in [0.5, 0.6) is 0 Å². The molecule has 1 N–H and O–H groups in total. The summed E-state index contributed by atoms with van der Waals surface area (Å²) in [6.45, 7) is 9.59. The standard InChI is InChI=1S/C17H29N3/c1-13-10-14(12-18-17(2,3)4)11-16(19-13)20(5)15-8-6-7-9-15/h10-11,15,18H,6-9,12H2,1-5H3. The van der Waals surface area contributed by atoms with Gasteiger partial charge in [0, 0.05) is 30.9 Å². The monoisotopic (exact) mass is 275 g/mol. The summed E-state index contributed by atoms with van der Waals surface area (Å²) in [6.07, 6.45) is 5.34. The molecular weight excluding hydrogens is 246 g/mol. The predicted molar refractivity (Wildman–Crippen MR) is 86.2 cm³/mol. The molecule has 1 aliphatic rings. The number of aromatic nitrogens is 1. The second kappa shape index (κ2) is 6.13. The van der Waals surface area contributed by atoms with Gasteiger partial charge in [0.15, 0.2) is 0 Å². The second-order valence-electron chi connectivity index (χ2n) is 7.13. The first-order valence-electron chi connectivity index (χ1n) is 7.80. The van der Waals surface area contributed by atoms with E-state index < -0.39 is 0 Å². The summed E-state index contributed by atoms with van der Waals surface area (Å²) in [5.74, 6) is 1.13. The topological polar surface area (TPSA) is 28.2 Å². The molecule has 3 heteroatoms. The zero-order valence-electron chi connectivity index (χ0n) is 13.7. The van der Waals surface area contributed by atoms with Gasteiger partial charge in [-0.3, -0.25) is 0 Å². The smallest absolute Gasteiger partial charge is 0.129 e. The van der Waals surface area contributed by atoms with Crippen molar-refractivity contribution < 1.29 is 0 Å². The molecule has 112 valence electrons. The summed E-state index contributed by atoms with van der Waals surface area (Å²) < 4.78 is 0. The molecule has 0 aromatic carbocycles. The van der Waals surface area contributed by atoms with Gasteiger partial charge in [-0.1, -0.05) is 12.8 Å². The lowest BCUT2D eigenvalue weighted by atomic mass is 10.1. The third kappa shape index (κ3) is 4.20. The molecule has 0 aliphatic heterocycles. The second-order valence-corrected chi connectivity index (χ2v) is 7.13. The Kier molecular flexibility index (Phi) is 4.69.